The summed E-state index contributed by atoms with van der Waals surface area (Å²) in [7, 11) is 0. The Morgan fingerprint density at radius 2 is 1.77 bits per heavy atom. The standard InChI is InChI=1S/C22H22ClN5O3/c1-16(20-4-2-3-5-21(20)23)25-10-12-26(13-11-25)22(29)17-14-24-27(15-17)18-6-8-19(9-7-18)28(30)31/h2-9,14-16H,10-13H2,1H3. The average Bonchev–Trinajstić information content (AvgIpc) is 3.29. The molecule has 160 valence electrons. The molecule has 1 aromatic heterocycles. The van der Waals surface area contributed by atoms with Crippen LogP contribution in [0.4, 0.5) is 5.69 Å². The van der Waals surface area contributed by atoms with E-state index in [1.165, 1.54) is 18.3 Å². The second-order valence-electron chi connectivity index (χ2n) is 7.47. The Hall–Kier alpha value is -3.23. The molecule has 0 saturated carbocycles. The van der Waals surface area contributed by atoms with Crippen LogP contribution in [-0.4, -0.2) is 56.6 Å². The number of rotatable bonds is 5. The van der Waals surface area contributed by atoms with E-state index in [1.54, 1.807) is 23.0 Å². The molecule has 4 rings (SSSR count). The van der Waals surface area contributed by atoms with E-state index < -0.39 is 4.92 Å². The first-order chi connectivity index (χ1) is 14.9. The Kier molecular flexibility index (Phi) is 6.01. The van der Waals surface area contributed by atoms with Gasteiger partial charge in [0.1, 0.15) is 0 Å². The molecule has 8 nitrogen and oxygen atoms in total. The summed E-state index contributed by atoms with van der Waals surface area (Å²) in [6.07, 6.45) is 3.19. The summed E-state index contributed by atoms with van der Waals surface area (Å²) >= 11 is 6.34. The summed E-state index contributed by atoms with van der Waals surface area (Å²) in [4.78, 5) is 27.4. The zero-order chi connectivity index (χ0) is 22.0. The highest BCUT2D eigenvalue weighted by molar-refractivity contribution is 6.31. The summed E-state index contributed by atoms with van der Waals surface area (Å²) in [5.41, 5.74) is 2.25. The molecule has 0 aliphatic carbocycles. The quantitative estimate of drug-likeness (QED) is 0.444. The molecule has 1 unspecified atom stereocenters. The monoisotopic (exact) mass is 439 g/mol. The van der Waals surface area contributed by atoms with Crippen LogP contribution in [-0.2, 0) is 0 Å². The normalized spacial score (nSPS) is 15.6. The van der Waals surface area contributed by atoms with Crippen LogP contribution in [0.25, 0.3) is 5.69 Å². The van der Waals surface area contributed by atoms with E-state index in [0.29, 0.717) is 24.3 Å². The van der Waals surface area contributed by atoms with Gasteiger partial charge in [0.25, 0.3) is 11.6 Å². The smallest absolute Gasteiger partial charge is 0.269 e. The third-order valence-corrected chi connectivity index (χ3v) is 6.00. The van der Waals surface area contributed by atoms with Gasteiger partial charge in [-0.2, -0.15) is 5.10 Å². The lowest BCUT2D eigenvalue weighted by atomic mass is 10.1. The van der Waals surface area contributed by atoms with Crippen molar-refractivity contribution in [2.24, 2.45) is 0 Å². The fraction of sp³-hybridized carbons (Fsp3) is 0.273. The van der Waals surface area contributed by atoms with Gasteiger partial charge in [0.05, 0.1) is 22.4 Å². The molecule has 0 spiro atoms. The van der Waals surface area contributed by atoms with E-state index in [0.717, 1.165) is 23.7 Å². The van der Waals surface area contributed by atoms with E-state index in [9.17, 15) is 14.9 Å². The second-order valence-corrected chi connectivity index (χ2v) is 7.88. The number of non-ortho nitro benzene ring substituents is 1. The number of amides is 1. The Morgan fingerprint density at radius 3 is 2.42 bits per heavy atom. The largest absolute Gasteiger partial charge is 0.336 e. The predicted octanol–water partition coefficient (Wildman–Crippen LogP) is 3.95. The van der Waals surface area contributed by atoms with Gasteiger partial charge in [-0.15, -0.1) is 0 Å². The van der Waals surface area contributed by atoms with Crippen molar-refractivity contribution in [2.45, 2.75) is 13.0 Å². The Morgan fingerprint density at radius 1 is 1.10 bits per heavy atom. The maximum Gasteiger partial charge on any atom is 0.269 e. The van der Waals surface area contributed by atoms with Crippen LogP contribution in [0.1, 0.15) is 28.9 Å². The zero-order valence-electron chi connectivity index (χ0n) is 17.0. The summed E-state index contributed by atoms with van der Waals surface area (Å²) in [5, 5.41) is 15.8. The van der Waals surface area contributed by atoms with Crippen molar-refractivity contribution < 1.29 is 9.72 Å². The van der Waals surface area contributed by atoms with E-state index >= 15 is 0 Å². The molecule has 0 bridgehead atoms. The van der Waals surface area contributed by atoms with Gasteiger partial charge in [0.2, 0.25) is 0 Å². The topological polar surface area (TPSA) is 84.5 Å². The Bertz CT molecular complexity index is 1090. The minimum Gasteiger partial charge on any atom is -0.336 e. The fourth-order valence-electron chi connectivity index (χ4n) is 3.81. The molecule has 1 saturated heterocycles. The van der Waals surface area contributed by atoms with Crippen molar-refractivity contribution in [1.29, 1.82) is 0 Å². The van der Waals surface area contributed by atoms with Crippen molar-refractivity contribution in [3.8, 4) is 5.69 Å². The molecule has 1 aliphatic heterocycles. The highest BCUT2D eigenvalue weighted by Gasteiger charge is 2.26. The number of nitro benzene ring substituents is 1. The lowest BCUT2D eigenvalue weighted by Crippen LogP contribution is -2.49. The number of hydrogen-bond donors (Lipinski definition) is 0. The maximum atomic E-state index is 12.9. The van der Waals surface area contributed by atoms with E-state index in [2.05, 4.69) is 16.9 Å². The molecule has 0 radical (unpaired) electrons. The van der Waals surface area contributed by atoms with Crippen molar-refractivity contribution in [1.82, 2.24) is 19.6 Å². The van der Waals surface area contributed by atoms with Crippen molar-refractivity contribution in [3.05, 3.63) is 87.2 Å². The summed E-state index contributed by atoms with van der Waals surface area (Å²) in [5.74, 6) is -0.0711. The molecule has 0 N–H and O–H groups in total. The van der Waals surface area contributed by atoms with Gasteiger partial charge in [-0.25, -0.2) is 4.68 Å². The highest BCUT2D eigenvalue weighted by atomic mass is 35.5. The lowest BCUT2D eigenvalue weighted by molar-refractivity contribution is -0.384. The molecule has 2 aromatic carbocycles. The number of halogens is 1. The van der Waals surface area contributed by atoms with Crippen molar-refractivity contribution >= 4 is 23.2 Å². The summed E-state index contributed by atoms with van der Waals surface area (Å²) in [6, 6.07) is 14.1. The fourth-order valence-corrected chi connectivity index (χ4v) is 4.10. The van der Waals surface area contributed by atoms with Crippen LogP contribution < -0.4 is 0 Å². The maximum absolute atomic E-state index is 12.9. The van der Waals surface area contributed by atoms with Crippen LogP contribution in [0.5, 0.6) is 0 Å². The van der Waals surface area contributed by atoms with Crippen molar-refractivity contribution in [3.63, 3.8) is 0 Å². The van der Waals surface area contributed by atoms with Crippen LogP contribution in [0, 0.1) is 10.1 Å². The number of carbonyl (C=O) groups is 1. The SMILES string of the molecule is CC(c1ccccc1Cl)N1CCN(C(=O)c2cnn(-c3ccc([N+](=O)[O-])cc3)c2)CC1. The molecular weight excluding hydrogens is 418 g/mol. The Labute approximate surface area is 184 Å². The van der Waals surface area contributed by atoms with Crippen LogP contribution in [0.2, 0.25) is 5.02 Å². The van der Waals surface area contributed by atoms with Gasteiger partial charge in [0, 0.05) is 55.6 Å². The molecule has 1 fully saturated rings. The molecule has 9 heteroatoms. The first kappa shape index (κ1) is 21.0. The van der Waals surface area contributed by atoms with E-state index in [-0.39, 0.29) is 17.6 Å². The molecule has 31 heavy (non-hydrogen) atoms. The number of piperazine rings is 1. The third-order valence-electron chi connectivity index (χ3n) is 5.66. The first-order valence-electron chi connectivity index (χ1n) is 10.0. The lowest BCUT2D eigenvalue weighted by Gasteiger charge is -2.38. The van der Waals surface area contributed by atoms with Gasteiger partial charge in [-0.05, 0) is 30.7 Å². The van der Waals surface area contributed by atoms with E-state index in [4.69, 9.17) is 11.6 Å². The van der Waals surface area contributed by atoms with Crippen LogP contribution >= 0.6 is 11.6 Å². The number of hydrogen-bond acceptors (Lipinski definition) is 5. The molecule has 3 aromatic rings. The van der Waals surface area contributed by atoms with Crippen LogP contribution in [0.15, 0.2) is 60.9 Å². The molecular formula is C22H22ClN5O3. The molecule has 2 heterocycles. The van der Waals surface area contributed by atoms with E-state index in [1.807, 2.05) is 29.2 Å². The van der Waals surface area contributed by atoms with Gasteiger partial charge in [0.15, 0.2) is 0 Å². The van der Waals surface area contributed by atoms with Gasteiger partial charge >= 0.3 is 0 Å². The van der Waals surface area contributed by atoms with Crippen LogP contribution in [0.3, 0.4) is 0 Å². The number of benzene rings is 2. The summed E-state index contributed by atoms with van der Waals surface area (Å²) in [6.45, 7) is 4.89. The van der Waals surface area contributed by atoms with Gasteiger partial charge in [-0.3, -0.25) is 19.8 Å². The molecule has 1 amide bonds. The molecule has 1 aliphatic rings. The minimum atomic E-state index is -0.450. The molecule has 1 atom stereocenters. The second kappa shape index (κ2) is 8.87. The number of nitrogens with zero attached hydrogens (tertiary/aromatic N) is 5. The van der Waals surface area contributed by atoms with Crippen molar-refractivity contribution in [2.75, 3.05) is 26.2 Å². The first-order valence-corrected chi connectivity index (χ1v) is 10.4. The summed E-state index contributed by atoms with van der Waals surface area (Å²) < 4.78 is 1.55. The number of carbonyl (C=O) groups excluding carboxylic acids is 1. The van der Waals surface area contributed by atoms with Gasteiger partial charge < -0.3 is 4.90 Å². The van der Waals surface area contributed by atoms with Gasteiger partial charge in [-0.1, -0.05) is 29.8 Å². The Balaban J connectivity index is 1.39. The highest BCUT2D eigenvalue weighted by Crippen LogP contribution is 2.28. The third kappa shape index (κ3) is 4.45. The predicted molar refractivity (Wildman–Crippen MR) is 118 cm³/mol. The number of nitro groups is 1. The number of aromatic nitrogens is 2. The zero-order valence-corrected chi connectivity index (χ0v) is 17.8. The minimum absolute atomic E-state index is 0.0103. The average molecular weight is 440 g/mol.